The quantitative estimate of drug-likeness (QED) is 0.523. The molecule has 3 heterocycles. The predicted molar refractivity (Wildman–Crippen MR) is 130 cm³/mol. The molecule has 0 saturated carbocycles. The first kappa shape index (κ1) is 26.0. The number of nitrogens with zero attached hydrogens (tertiary/aromatic N) is 4. The number of aromatic nitrogens is 2. The minimum atomic E-state index is -0.659. The molecule has 4 rings (SSSR count). The number of piperazine rings is 1. The van der Waals surface area contributed by atoms with Crippen molar-refractivity contribution in [2.75, 3.05) is 70.8 Å². The van der Waals surface area contributed by atoms with Crippen LogP contribution in [0.3, 0.4) is 0 Å². The molecule has 34 heavy (non-hydrogen) atoms. The Bertz CT molecular complexity index is 999. The number of nitrogen functional groups attached to an aromatic ring is 1. The minimum absolute atomic E-state index is 0. The van der Waals surface area contributed by atoms with Gasteiger partial charge < -0.3 is 35.1 Å². The van der Waals surface area contributed by atoms with Crippen LogP contribution < -0.4 is 25.4 Å². The van der Waals surface area contributed by atoms with Crippen molar-refractivity contribution in [3.05, 3.63) is 11.9 Å². The summed E-state index contributed by atoms with van der Waals surface area (Å²) in [5.41, 5.74) is 6.23. The average molecular weight is 499 g/mol. The monoisotopic (exact) mass is 498 g/mol. The summed E-state index contributed by atoms with van der Waals surface area (Å²) >= 11 is 0. The van der Waals surface area contributed by atoms with E-state index in [9.17, 15) is 4.79 Å². The molecule has 1 amide bonds. The van der Waals surface area contributed by atoms with Gasteiger partial charge in [-0.3, -0.25) is 4.79 Å². The van der Waals surface area contributed by atoms with E-state index in [0.717, 1.165) is 19.4 Å². The van der Waals surface area contributed by atoms with E-state index in [1.54, 1.807) is 6.07 Å². The molecule has 2 aromatic rings. The fourth-order valence-electron chi connectivity index (χ4n) is 4.28. The number of carbonyl (C=O) groups excluding carboxylic acids is 1. The number of nitrogens with two attached hydrogens (primary N) is 1. The first-order chi connectivity index (χ1) is 16.0. The number of fused-ring (bicyclic) bond motifs is 1. The summed E-state index contributed by atoms with van der Waals surface area (Å²) in [4.78, 5) is 25.2. The molecule has 0 spiro atoms. The second kappa shape index (κ2) is 11.7. The number of hydrogen-bond donors (Lipinski definition) is 2. The fourth-order valence-corrected chi connectivity index (χ4v) is 4.28. The highest BCUT2D eigenvalue weighted by atomic mass is 35.5. The molecule has 12 heteroatoms. The van der Waals surface area contributed by atoms with Gasteiger partial charge in [0.2, 0.25) is 11.9 Å². The van der Waals surface area contributed by atoms with Gasteiger partial charge in [-0.25, -0.2) is 9.37 Å². The summed E-state index contributed by atoms with van der Waals surface area (Å²) in [5, 5.41) is 3.72. The summed E-state index contributed by atoms with van der Waals surface area (Å²) in [5.74, 6) is 0.153. The Balaban J connectivity index is 0.00000324. The van der Waals surface area contributed by atoms with Crippen LogP contribution in [0.2, 0.25) is 0 Å². The number of benzene rings is 1. The van der Waals surface area contributed by atoms with E-state index in [2.05, 4.69) is 15.3 Å². The van der Waals surface area contributed by atoms with Crippen molar-refractivity contribution in [1.29, 1.82) is 0 Å². The standard InChI is InChI=1S/C22H31FN6O4.ClH/c1-31-10-11-33-20-16(32-2)13-15-19(18(20)23)26-22(27-21(15)24)29-8-6-28(7-9-29)17(30)12-14-4-3-5-25-14;/h13-14,25H,3-12H2,1-2H3,(H2,24,26,27);1H/t14-;/m0./s1. The number of carbonyl (C=O) groups is 1. The van der Waals surface area contributed by atoms with E-state index in [0.29, 0.717) is 50.5 Å². The number of anilines is 2. The van der Waals surface area contributed by atoms with Gasteiger partial charge in [0.1, 0.15) is 17.9 Å². The molecule has 188 valence electrons. The summed E-state index contributed by atoms with van der Waals surface area (Å²) in [6, 6.07) is 1.85. The maximum atomic E-state index is 15.4. The highest BCUT2D eigenvalue weighted by Gasteiger charge is 2.27. The molecule has 2 fully saturated rings. The van der Waals surface area contributed by atoms with E-state index >= 15 is 4.39 Å². The smallest absolute Gasteiger partial charge is 0.228 e. The largest absolute Gasteiger partial charge is 0.493 e. The molecule has 1 atom stereocenters. The number of hydrogen-bond acceptors (Lipinski definition) is 9. The molecule has 0 unspecified atom stereocenters. The van der Waals surface area contributed by atoms with E-state index in [-0.39, 0.29) is 53.8 Å². The van der Waals surface area contributed by atoms with Crippen LogP contribution in [0.5, 0.6) is 11.5 Å². The van der Waals surface area contributed by atoms with Crippen LogP contribution >= 0.6 is 12.4 Å². The minimum Gasteiger partial charge on any atom is -0.493 e. The second-order valence-corrected chi connectivity index (χ2v) is 8.23. The topological polar surface area (TPSA) is 115 Å². The van der Waals surface area contributed by atoms with Crippen molar-refractivity contribution >= 4 is 41.0 Å². The third-order valence-corrected chi connectivity index (χ3v) is 6.12. The Morgan fingerprint density at radius 3 is 2.65 bits per heavy atom. The molecular weight excluding hydrogens is 467 g/mol. The fraction of sp³-hybridized carbons (Fsp3) is 0.591. The summed E-state index contributed by atoms with van der Waals surface area (Å²) in [7, 11) is 2.97. The van der Waals surface area contributed by atoms with Gasteiger partial charge in [0.15, 0.2) is 17.3 Å². The van der Waals surface area contributed by atoms with Crippen molar-refractivity contribution in [3.8, 4) is 11.5 Å². The van der Waals surface area contributed by atoms with E-state index < -0.39 is 5.82 Å². The molecule has 10 nitrogen and oxygen atoms in total. The third kappa shape index (κ3) is 5.53. The van der Waals surface area contributed by atoms with Gasteiger partial charge in [0.05, 0.1) is 13.7 Å². The lowest BCUT2D eigenvalue weighted by Crippen LogP contribution is -2.50. The Hall–Kier alpha value is -2.63. The van der Waals surface area contributed by atoms with Gasteiger partial charge in [0.25, 0.3) is 0 Å². The van der Waals surface area contributed by atoms with Crippen LogP contribution in [0.1, 0.15) is 19.3 Å². The molecule has 2 aliphatic heterocycles. The number of rotatable bonds is 8. The van der Waals surface area contributed by atoms with Crippen LogP contribution in [-0.2, 0) is 9.53 Å². The van der Waals surface area contributed by atoms with Crippen molar-refractivity contribution in [1.82, 2.24) is 20.2 Å². The molecule has 1 aromatic carbocycles. The van der Waals surface area contributed by atoms with Crippen molar-refractivity contribution < 1.29 is 23.4 Å². The number of methoxy groups -OCH3 is 2. The van der Waals surface area contributed by atoms with Crippen LogP contribution in [0.15, 0.2) is 6.07 Å². The zero-order valence-electron chi connectivity index (χ0n) is 19.5. The van der Waals surface area contributed by atoms with Gasteiger partial charge >= 0.3 is 0 Å². The number of halogens is 2. The predicted octanol–water partition coefficient (Wildman–Crippen LogP) is 1.60. The zero-order valence-corrected chi connectivity index (χ0v) is 20.3. The number of amides is 1. The lowest BCUT2D eigenvalue weighted by molar-refractivity contribution is -0.131. The molecule has 1 aromatic heterocycles. The van der Waals surface area contributed by atoms with Gasteiger partial charge in [-0.15, -0.1) is 12.4 Å². The lowest BCUT2D eigenvalue weighted by atomic mass is 10.1. The van der Waals surface area contributed by atoms with E-state index in [4.69, 9.17) is 19.9 Å². The first-order valence-electron chi connectivity index (χ1n) is 11.2. The van der Waals surface area contributed by atoms with Crippen LogP contribution in [0, 0.1) is 5.82 Å². The van der Waals surface area contributed by atoms with Crippen molar-refractivity contribution in [2.45, 2.75) is 25.3 Å². The summed E-state index contributed by atoms with van der Waals surface area (Å²) < 4.78 is 31.2. The summed E-state index contributed by atoms with van der Waals surface area (Å²) in [6.45, 7) is 3.65. The highest BCUT2D eigenvalue weighted by molar-refractivity contribution is 5.92. The normalized spacial score (nSPS) is 18.1. The second-order valence-electron chi connectivity index (χ2n) is 8.23. The van der Waals surface area contributed by atoms with Crippen molar-refractivity contribution in [2.24, 2.45) is 0 Å². The van der Waals surface area contributed by atoms with Gasteiger partial charge in [0, 0.05) is 51.1 Å². The van der Waals surface area contributed by atoms with Crippen LogP contribution in [0.25, 0.3) is 10.9 Å². The molecular formula is C22H32ClFN6O4. The SMILES string of the molecule is COCCOc1c(OC)cc2c(N)nc(N3CCN(C(=O)C[C@@H]4CCCN4)CC3)nc2c1F.Cl. The number of nitrogens with one attached hydrogen (secondary N) is 1. The van der Waals surface area contributed by atoms with Crippen LogP contribution in [-0.4, -0.2) is 87.0 Å². The lowest BCUT2D eigenvalue weighted by Gasteiger charge is -2.35. The molecule has 3 N–H and O–H groups in total. The Labute approximate surface area is 204 Å². The average Bonchev–Trinajstić information content (AvgIpc) is 3.34. The molecule has 0 bridgehead atoms. The molecule has 0 aliphatic carbocycles. The first-order valence-corrected chi connectivity index (χ1v) is 11.2. The van der Waals surface area contributed by atoms with Gasteiger partial charge in [-0.2, -0.15) is 4.98 Å². The van der Waals surface area contributed by atoms with Gasteiger partial charge in [-0.1, -0.05) is 0 Å². The highest BCUT2D eigenvalue weighted by Crippen LogP contribution is 2.38. The molecule has 0 radical (unpaired) electrons. The Morgan fingerprint density at radius 1 is 1.24 bits per heavy atom. The Morgan fingerprint density at radius 2 is 2.00 bits per heavy atom. The Kier molecular flexibility index (Phi) is 8.92. The third-order valence-electron chi connectivity index (χ3n) is 6.12. The van der Waals surface area contributed by atoms with Crippen LogP contribution in [0.4, 0.5) is 16.2 Å². The van der Waals surface area contributed by atoms with E-state index in [1.807, 2.05) is 9.80 Å². The van der Waals surface area contributed by atoms with Gasteiger partial charge in [-0.05, 0) is 25.5 Å². The molecule has 2 saturated heterocycles. The van der Waals surface area contributed by atoms with Crippen molar-refractivity contribution in [3.63, 3.8) is 0 Å². The summed E-state index contributed by atoms with van der Waals surface area (Å²) in [6.07, 6.45) is 2.69. The van der Waals surface area contributed by atoms with E-state index in [1.165, 1.54) is 14.2 Å². The maximum absolute atomic E-state index is 15.4. The maximum Gasteiger partial charge on any atom is 0.228 e. The molecule has 2 aliphatic rings. The zero-order chi connectivity index (χ0) is 23.4. The number of ether oxygens (including phenoxy) is 3.